The molecule has 1 aromatic carbocycles. The number of nitrogens with zero attached hydrogens (tertiary/aromatic N) is 3. The lowest BCUT2D eigenvalue weighted by molar-refractivity contribution is 0.305. The average molecular weight is 363 g/mol. The number of thioether (sulfide) groups is 1. The van der Waals surface area contributed by atoms with Gasteiger partial charge in [0.1, 0.15) is 34.8 Å². The third-order valence-corrected chi connectivity index (χ3v) is 4.62. The largest absolute Gasteiger partial charge is 0.486 e. The standard InChI is InChI=1S/C15H14FN5OS2/c16-9-1-3-11(4-2-9)22-6-14-19-10(7-23-14)8-24-15-20-12(17)5-13(18)21-15/h1-5,7H,6,8H2,(H4,17,18,20,21). The SMILES string of the molecule is Nc1cc(N)nc(SCc2csc(COc3ccc(F)cc3)n2)n1. The van der Waals surface area contributed by atoms with Crippen molar-refractivity contribution in [1.82, 2.24) is 15.0 Å². The minimum Gasteiger partial charge on any atom is -0.486 e. The van der Waals surface area contributed by atoms with Crippen molar-refractivity contribution in [2.75, 3.05) is 11.5 Å². The van der Waals surface area contributed by atoms with Crippen LogP contribution in [-0.2, 0) is 12.4 Å². The molecule has 0 spiro atoms. The summed E-state index contributed by atoms with van der Waals surface area (Å²) in [5.41, 5.74) is 12.2. The number of rotatable bonds is 6. The number of aromatic nitrogens is 3. The van der Waals surface area contributed by atoms with Gasteiger partial charge in [-0.3, -0.25) is 0 Å². The Bertz CT molecular complexity index is 805. The molecule has 3 aromatic rings. The fourth-order valence-corrected chi connectivity index (χ4v) is 3.40. The Labute approximate surface area is 146 Å². The molecular weight excluding hydrogens is 349 g/mol. The fraction of sp³-hybridized carbons (Fsp3) is 0.133. The molecule has 24 heavy (non-hydrogen) atoms. The first kappa shape index (κ1) is 16.5. The highest BCUT2D eigenvalue weighted by atomic mass is 32.2. The van der Waals surface area contributed by atoms with Crippen molar-refractivity contribution in [1.29, 1.82) is 0 Å². The molecule has 3 rings (SSSR count). The lowest BCUT2D eigenvalue weighted by atomic mass is 10.3. The van der Waals surface area contributed by atoms with Crippen LogP contribution < -0.4 is 16.2 Å². The van der Waals surface area contributed by atoms with Crippen LogP contribution in [0.15, 0.2) is 40.9 Å². The minimum absolute atomic E-state index is 0.291. The maximum Gasteiger partial charge on any atom is 0.191 e. The van der Waals surface area contributed by atoms with E-state index in [1.807, 2.05) is 5.38 Å². The summed E-state index contributed by atoms with van der Waals surface area (Å²) in [5.74, 6) is 1.61. The number of benzene rings is 1. The number of ether oxygens (including phenoxy) is 1. The Balaban J connectivity index is 1.54. The van der Waals surface area contributed by atoms with E-state index in [2.05, 4.69) is 15.0 Å². The molecule has 6 nitrogen and oxygen atoms in total. The van der Waals surface area contributed by atoms with Gasteiger partial charge in [0.2, 0.25) is 0 Å². The first-order valence-corrected chi connectivity index (χ1v) is 8.79. The van der Waals surface area contributed by atoms with E-state index < -0.39 is 0 Å². The van der Waals surface area contributed by atoms with Gasteiger partial charge in [-0.25, -0.2) is 19.3 Å². The van der Waals surface area contributed by atoms with E-state index in [1.165, 1.54) is 41.3 Å². The van der Waals surface area contributed by atoms with Crippen molar-refractivity contribution in [3.05, 3.63) is 52.2 Å². The molecule has 0 aliphatic heterocycles. The smallest absolute Gasteiger partial charge is 0.191 e. The Kier molecular flexibility index (Phi) is 5.11. The van der Waals surface area contributed by atoms with Gasteiger partial charge in [-0.15, -0.1) is 11.3 Å². The van der Waals surface area contributed by atoms with Crippen LogP contribution in [0.5, 0.6) is 5.75 Å². The summed E-state index contributed by atoms with van der Waals surface area (Å²) in [6.07, 6.45) is 0. The van der Waals surface area contributed by atoms with Crippen LogP contribution >= 0.6 is 23.1 Å². The summed E-state index contributed by atoms with van der Waals surface area (Å²) < 4.78 is 18.4. The Morgan fingerprint density at radius 1 is 1.08 bits per heavy atom. The van der Waals surface area contributed by atoms with Crippen LogP contribution in [0.25, 0.3) is 0 Å². The average Bonchev–Trinajstić information content (AvgIpc) is 2.99. The molecule has 0 aliphatic carbocycles. The molecular formula is C15H14FN5OS2. The van der Waals surface area contributed by atoms with E-state index >= 15 is 0 Å². The number of hydrogen-bond donors (Lipinski definition) is 2. The quantitative estimate of drug-likeness (QED) is 0.513. The number of anilines is 2. The Morgan fingerprint density at radius 3 is 2.50 bits per heavy atom. The fourth-order valence-electron chi connectivity index (χ4n) is 1.82. The Morgan fingerprint density at radius 2 is 1.79 bits per heavy atom. The summed E-state index contributed by atoms with van der Waals surface area (Å²) in [4.78, 5) is 12.7. The van der Waals surface area contributed by atoms with Crippen LogP contribution in [0.4, 0.5) is 16.0 Å². The van der Waals surface area contributed by atoms with E-state index in [-0.39, 0.29) is 5.82 Å². The molecule has 0 fully saturated rings. The van der Waals surface area contributed by atoms with E-state index in [9.17, 15) is 4.39 Å². The van der Waals surface area contributed by atoms with E-state index in [1.54, 1.807) is 12.1 Å². The number of nitrogens with two attached hydrogens (primary N) is 2. The first-order valence-electron chi connectivity index (χ1n) is 6.93. The minimum atomic E-state index is -0.291. The molecule has 0 aliphatic rings. The van der Waals surface area contributed by atoms with Gasteiger partial charge in [0.05, 0.1) is 5.69 Å². The van der Waals surface area contributed by atoms with Gasteiger partial charge in [-0.2, -0.15) is 0 Å². The van der Waals surface area contributed by atoms with Crippen molar-refractivity contribution in [3.63, 3.8) is 0 Å². The molecule has 0 amide bonds. The van der Waals surface area contributed by atoms with Crippen molar-refractivity contribution >= 4 is 34.7 Å². The molecule has 124 valence electrons. The van der Waals surface area contributed by atoms with Crippen LogP contribution in [0.1, 0.15) is 10.7 Å². The third-order valence-electron chi connectivity index (χ3n) is 2.87. The van der Waals surface area contributed by atoms with Gasteiger partial charge in [0.25, 0.3) is 0 Å². The molecule has 0 radical (unpaired) electrons. The number of hydrogen-bond acceptors (Lipinski definition) is 8. The summed E-state index contributed by atoms with van der Waals surface area (Å²) >= 11 is 2.91. The summed E-state index contributed by atoms with van der Waals surface area (Å²) in [7, 11) is 0. The normalized spacial score (nSPS) is 10.7. The first-order chi connectivity index (χ1) is 11.6. The zero-order chi connectivity index (χ0) is 16.9. The van der Waals surface area contributed by atoms with E-state index in [4.69, 9.17) is 16.2 Å². The molecule has 0 atom stereocenters. The van der Waals surface area contributed by atoms with E-state index in [0.717, 1.165) is 10.7 Å². The lowest BCUT2D eigenvalue weighted by Crippen LogP contribution is -1.99. The zero-order valence-electron chi connectivity index (χ0n) is 12.5. The predicted octanol–water partition coefficient (Wildman–Crippen LogP) is 3.11. The van der Waals surface area contributed by atoms with Gasteiger partial charge in [-0.05, 0) is 24.3 Å². The van der Waals surface area contributed by atoms with Gasteiger partial charge in [0, 0.05) is 17.2 Å². The maximum atomic E-state index is 12.8. The lowest BCUT2D eigenvalue weighted by Gasteiger charge is -2.03. The molecule has 2 heterocycles. The summed E-state index contributed by atoms with van der Waals surface area (Å²) in [5, 5.41) is 3.30. The number of thiazole rings is 1. The molecule has 0 unspecified atom stereocenters. The van der Waals surface area contributed by atoms with Crippen LogP contribution in [0.3, 0.4) is 0 Å². The van der Waals surface area contributed by atoms with Crippen molar-refractivity contribution in [2.24, 2.45) is 0 Å². The second kappa shape index (κ2) is 7.45. The topological polar surface area (TPSA) is 99.9 Å². The van der Waals surface area contributed by atoms with Crippen LogP contribution in [-0.4, -0.2) is 15.0 Å². The predicted molar refractivity (Wildman–Crippen MR) is 93.3 cm³/mol. The summed E-state index contributed by atoms with van der Waals surface area (Å²) in [6, 6.07) is 7.40. The van der Waals surface area contributed by atoms with Crippen molar-refractivity contribution < 1.29 is 9.13 Å². The van der Waals surface area contributed by atoms with Gasteiger partial charge >= 0.3 is 0 Å². The van der Waals surface area contributed by atoms with Gasteiger partial charge < -0.3 is 16.2 Å². The highest BCUT2D eigenvalue weighted by molar-refractivity contribution is 7.98. The molecule has 0 saturated carbocycles. The van der Waals surface area contributed by atoms with Crippen LogP contribution in [0, 0.1) is 5.82 Å². The summed E-state index contributed by atoms with van der Waals surface area (Å²) in [6.45, 7) is 0.336. The van der Waals surface area contributed by atoms with Crippen molar-refractivity contribution in [3.8, 4) is 5.75 Å². The highest BCUT2D eigenvalue weighted by Gasteiger charge is 2.07. The second-order valence-electron chi connectivity index (χ2n) is 4.76. The van der Waals surface area contributed by atoms with Crippen LogP contribution in [0.2, 0.25) is 0 Å². The second-order valence-corrected chi connectivity index (χ2v) is 6.65. The van der Waals surface area contributed by atoms with Gasteiger partial charge in [-0.1, -0.05) is 11.8 Å². The number of halogens is 1. The molecule has 0 bridgehead atoms. The third kappa shape index (κ3) is 4.56. The molecule has 2 aromatic heterocycles. The van der Waals surface area contributed by atoms with E-state index in [0.29, 0.717) is 34.9 Å². The highest BCUT2D eigenvalue weighted by Crippen LogP contribution is 2.23. The van der Waals surface area contributed by atoms with Gasteiger partial charge in [0.15, 0.2) is 5.16 Å². The van der Waals surface area contributed by atoms with Crippen molar-refractivity contribution in [2.45, 2.75) is 17.5 Å². The maximum absolute atomic E-state index is 12.8. The monoisotopic (exact) mass is 363 g/mol. The molecule has 4 N–H and O–H groups in total. The zero-order valence-corrected chi connectivity index (χ0v) is 14.1. The Hall–Kier alpha value is -2.39. The molecule has 0 saturated heterocycles. The molecule has 9 heteroatoms. The number of nitrogen functional groups attached to an aromatic ring is 2.